The third-order valence-corrected chi connectivity index (χ3v) is 4.15. The molecule has 2 fully saturated rings. The van der Waals surface area contributed by atoms with Crippen molar-refractivity contribution in [2.75, 3.05) is 11.4 Å². The molecule has 1 aliphatic carbocycles. The van der Waals surface area contributed by atoms with Gasteiger partial charge in [0.05, 0.1) is 0 Å². The highest BCUT2D eigenvalue weighted by Crippen LogP contribution is 2.35. The van der Waals surface area contributed by atoms with E-state index >= 15 is 0 Å². The van der Waals surface area contributed by atoms with Gasteiger partial charge >= 0.3 is 0 Å². The van der Waals surface area contributed by atoms with Crippen LogP contribution in [0.15, 0.2) is 18.2 Å². The molecule has 1 atom stereocenters. The largest absolute Gasteiger partial charge is 0.344 e. The Morgan fingerprint density at radius 3 is 2.60 bits per heavy atom. The van der Waals surface area contributed by atoms with Crippen molar-refractivity contribution in [1.29, 1.82) is 0 Å². The Kier molecular flexibility index (Phi) is 3.24. The Balaban J connectivity index is 1.93. The summed E-state index contributed by atoms with van der Waals surface area (Å²) in [4.78, 5) is 26.3. The average molecular weight is 272 g/mol. The maximum Gasteiger partial charge on any atom is 0.249 e. The fourth-order valence-corrected chi connectivity index (χ4v) is 2.90. The normalized spacial score (nSPS) is 23.5. The Morgan fingerprint density at radius 1 is 1.20 bits per heavy atom. The first-order valence-corrected chi connectivity index (χ1v) is 7.24. The molecule has 0 aromatic heterocycles. The minimum absolute atomic E-state index is 0.0116. The number of hydrogen-bond acceptors (Lipinski definition) is 2. The van der Waals surface area contributed by atoms with Crippen molar-refractivity contribution in [1.82, 2.24) is 5.32 Å². The molecule has 1 aromatic carbocycles. The summed E-state index contributed by atoms with van der Waals surface area (Å²) in [6.07, 6.45) is 2.46. The number of aryl methyl sites for hydroxylation is 2. The van der Waals surface area contributed by atoms with E-state index in [1.165, 1.54) is 5.56 Å². The van der Waals surface area contributed by atoms with Crippen LogP contribution in [0.2, 0.25) is 0 Å². The summed E-state index contributed by atoms with van der Waals surface area (Å²) in [5.74, 6) is 0.366. The quantitative estimate of drug-likeness (QED) is 0.894. The van der Waals surface area contributed by atoms with E-state index in [1.54, 1.807) is 4.90 Å². The molecular formula is C16H20N2O2. The highest BCUT2D eigenvalue weighted by molar-refractivity contribution is 6.02. The van der Waals surface area contributed by atoms with Gasteiger partial charge in [-0.1, -0.05) is 17.7 Å². The average Bonchev–Trinajstić information content (AvgIpc) is 3.21. The van der Waals surface area contributed by atoms with Gasteiger partial charge < -0.3 is 10.2 Å². The predicted octanol–water partition coefficient (Wildman–Crippen LogP) is 1.93. The van der Waals surface area contributed by atoms with Crippen molar-refractivity contribution >= 4 is 17.5 Å². The number of anilines is 1. The maximum absolute atomic E-state index is 12.7. The summed E-state index contributed by atoms with van der Waals surface area (Å²) >= 11 is 0. The second-order valence-corrected chi connectivity index (χ2v) is 5.91. The Bertz CT molecular complexity index is 564. The summed E-state index contributed by atoms with van der Waals surface area (Å²) < 4.78 is 0. The lowest BCUT2D eigenvalue weighted by Gasteiger charge is -2.25. The Morgan fingerprint density at radius 2 is 1.95 bits per heavy atom. The van der Waals surface area contributed by atoms with Crippen LogP contribution in [-0.4, -0.2) is 24.4 Å². The van der Waals surface area contributed by atoms with Crippen molar-refractivity contribution in [3.8, 4) is 0 Å². The van der Waals surface area contributed by atoms with E-state index in [0.29, 0.717) is 18.9 Å². The third-order valence-electron chi connectivity index (χ3n) is 4.15. The number of nitrogens with zero attached hydrogens (tertiary/aromatic N) is 1. The molecule has 1 saturated heterocycles. The molecule has 0 radical (unpaired) electrons. The van der Waals surface area contributed by atoms with Crippen LogP contribution < -0.4 is 10.2 Å². The molecule has 1 aromatic rings. The van der Waals surface area contributed by atoms with Gasteiger partial charge in [-0.15, -0.1) is 0 Å². The van der Waals surface area contributed by atoms with E-state index in [-0.39, 0.29) is 17.9 Å². The van der Waals surface area contributed by atoms with Crippen molar-refractivity contribution in [2.24, 2.45) is 5.92 Å². The minimum atomic E-state index is -0.328. The highest BCUT2D eigenvalue weighted by atomic mass is 16.2. The highest BCUT2D eigenvalue weighted by Gasteiger charge is 2.41. The van der Waals surface area contributed by atoms with Crippen molar-refractivity contribution < 1.29 is 9.59 Å². The first-order chi connectivity index (χ1) is 9.56. The smallest absolute Gasteiger partial charge is 0.249 e. The second kappa shape index (κ2) is 4.93. The zero-order valence-electron chi connectivity index (χ0n) is 12.0. The van der Waals surface area contributed by atoms with Gasteiger partial charge in [-0.25, -0.2) is 0 Å². The summed E-state index contributed by atoms with van der Waals surface area (Å²) in [5.41, 5.74) is 3.20. The van der Waals surface area contributed by atoms with Crippen LogP contribution in [0.4, 0.5) is 5.69 Å². The SMILES string of the molecule is Cc1ccc(N2CCC(=O)NC(C3CC3)C2=O)c(C)c1. The lowest BCUT2D eigenvalue weighted by atomic mass is 10.1. The van der Waals surface area contributed by atoms with Gasteiger partial charge in [-0.2, -0.15) is 0 Å². The fourth-order valence-electron chi connectivity index (χ4n) is 2.90. The zero-order chi connectivity index (χ0) is 14.3. The van der Waals surface area contributed by atoms with E-state index in [2.05, 4.69) is 11.4 Å². The van der Waals surface area contributed by atoms with E-state index < -0.39 is 0 Å². The maximum atomic E-state index is 12.7. The number of hydrogen-bond donors (Lipinski definition) is 1. The molecule has 1 unspecified atom stereocenters. The van der Waals surface area contributed by atoms with Crippen LogP contribution in [-0.2, 0) is 9.59 Å². The van der Waals surface area contributed by atoms with E-state index in [9.17, 15) is 9.59 Å². The first kappa shape index (κ1) is 13.2. The minimum Gasteiger partial charge on any atom is -0.344 e. The number of carbonyl (C=O) groups excluding carboxylic acids is 2. The van der Waals surface area contributed by atoms with Gasteiger partial charge in [0.2, 0.25) is 11.8 Å². The summed E-state index contributed by atoms with van der Waals surface area (Å²) in [6, 6.07) is 5.75. The fraction of sp³-hybridized carbons (Fsp3) is 0.500. The number of rotatable bonds is 2. The van der Waals surface area contributed by atoms with E-state index in [0.717, 1.165) is 24.1 Å². The predicted molar refractivity (Wildman–Crippen MR) is 77.5 cm³/mol. The second-order valence-electron chi connectivity index (χ2n) is 5.91. The van der Waals surface area contributed by atoms with E-state index in [1.807, 2.05) is 26.0 Å². The molecule has 4 heteroatoms. The molecule has 4 nitrogen and oxygen atoms in total. The zero-order valence-corrected chi connectivity index (χ0v) is 12.0. The number of amides is 2. The van der Waals surface area contributed by atoms with Crippen LogP contribution in [0.1, 0.15) is 30.4 Å². The Hall–Kier alpha value is -1.84. The van der Waals surface area contributed by atoms with Crippen LogP contribution in [0.3, 0.4) is 0 Å². The van der Waals surface area contributed by atoms with Crippen LogP contribution in [0.5, 0.6) is 0 Å². The molecule has 1 heterocycles. The molecule has 2 amide bonds. The molecule has 106 valence electrons. The lowest BCUT2D eigenvalue weighted by molar-refractivity contribution is -0.126. The van der Waals surface area contributed by atoms with Gasteiger partial charge in [0.1, 0.15) is 6.04 Å². The lowest BCUT2D eigenvalue weighted by Crippen LogP contribution is -2.46. The van der Waals surface area contributed by atoms with Gasteiger partial charge in [0.15, 0.2) is 0 Å². The molecule has 2 aliphatic rings. The number of nitrogens with one attached hydrogen (secondary N) is 1. The van der Waals surface area contributed by atoms with Crippen molar-refractivity contribution in [2.45, 2.75) is 39.2 Å². The number of carbonyl (C=O) groups is 2. The van der Waals surface area contributed by atoms with Crippen molar-refractivity contribution in [3.05, 3.63) is 29.3 Å². The molecule has 1 saturated carbocycles. The van der Waals surface area contributed by atoms with Gasteiger partial charge in [0, 0.05) is 18.7 Å². The van der Waals surface area contributed by atoms with E-state index in [4.69, 9.17) is 0 Å². The van der Waals surface area contributed by atoms with Crippen LogP contribution in [0, 0.1) is 19.8 Å². The van der Waals surface area contributed by atoms with Gasteiger partial charge in [0.25, 0.3) is 0 Å². The molecule has 1 aliphatic heterocycles. The molecular weight excluding hydrogens is 252 g/mol. The first-order valence-electron chi connectivity index (χ1n) is 7.24. The monoisotopic (exact) mass is 272 g/mol. The molecule has 3 rings (SSSR count). The Labute approximate surface area is 119 Å². The molecule has 0 bridgehead atoms. The van der Waals surface area contributed by atoms with Crippen LogP contribution in [0.25, 0.3) is 0 Å². The topological polar surface area (TPSA) is 49.4 Å². The van der Waals surface area contributed by atoms with Crippen LogP contribution >= 0.6 is 0 Å². The summed E-state index contributed by atoms with van der Waals surface area (Å²) in [6.45, 7) is 4.53. The van der Waals surface area contributed by atoms with Gasteiger partial charge in [-0.3, -0.25) is 9.59 Å². The summed E-state index contributed by atoms with van der Waals surface area (Å²) in [7, 11) is 0. The van der Waals surface area contributed by atoms with Crippen molar-refractivity contribution in [3.63, 3.8) is 0 Å². The molecule has 0 spiro atoms. The summed E-state index contributed by atoms with van der Waals surface area (Å²) in [5, 5.41) is 2.89. The third kappa shape index (κ3) is 2.42. The number of benzene rings is 1. The van der Waals surface area contributed by atoms with Gasteiger partial charge in [-0.05, 0) is 44.2 Å². The standard InChI is InChI=1S/C16H20N2O2/c1-10-3-6-13(11(2)9-10)18-8-7-14(19)17-15(16(18)20)12-4-5-12/h3,6,9,12,15H,4-5,7-8H2,1-2H3,(H,17,19). The molecule has 20 heavy (non-hydrogen) atoms. The molecule has 1 N–H and O–H groups in total.